The number of ether oxygens (including phenoxy) is 1. The maximum Gasteiger partial charge on any atom is 0.123 e. The molecule has 0 radical (unpaired) electrons. The van der Waals surface area contributed by atoms with E-state index in [1.807, 2.05) is 18.2 Å². The lowest BCUT2D eigenvalue weighted by molar-refractivity contribution is 0.0226. The molecule has 0 aromatic heterocycles. The van der Waals surface area contributed by atoms with Gasteiger partial charge in [0.05, 0.1) is 13.2 Å². The predicted octanol–water partition coefficient (Wildman–Crippen LogP) is 3.55. The first kappa shape index (κ1) is 18.1. The van der Waals surface area contributed by atoms with E-state index in [1.54, 1.807) is 12.1 Å². The average Bonchev–Trinajstić information content (AvgIpc) is 2.64. The minimum absolute atomic E-state index is 0.181. The number of rotatable bonds is 7. The number of hydrogen-bond acceptors (Lipinski definition) is 3. The number of benzene rings is 2. The lowest BCUT2D eigenvalue weighted by atomic mass is 10.1. The van der Waals surface area contributed by atoms with Crippen molar-refractivity contribution in [3.8, 4) is 0 Å². The molecule has 0 spiro atoms. The number of morpholine rings is 1. The molecule has 1 saturated heterocycles. The molecule has 1 aliphatic heterocycles. The summed E-state index contributed by atoms with van der Waals surface area (Å²) in [5, 5.41) is 0. The van der Waals surface area contributed by atoms with E-state index in [9.17, 15) is 4.39 Å². The van der Waals surface area contributed by atoms with Gasteiger partial charge in [-0.15, -0.1) is 0 Å². The maximum atomic E-state index is 13.2. The second-order valence-electron chi connectivity index (χ2n) is 6.78. The molecule has 0 aliphatic carbocycles. The monoisotopic (exact) mass is 342 g/mol. The summed E-state index contributed by atoms with van der Waals surface area (Å²) >= 11 is 0. The fourth-order valence-corrected chi connectivity index (χ4v) is 3.28. The van der Waals surface area contributed by atoms with E-state index < -0.39 is 0 Å². The Morgan fingerprint density at radius 3 is 2.20 bits per heavy atom. The van der Waals surface area contributed by atoms with Gasteiger partial charge in [0.2, 0.25) is 0 Å². The van der Waals surface area contributed by atoms with Crippen LogP contribution in [0, 0.1) is 5.82 Å². The Hall–Kier alpha value is -1.75. The average molecular weight is 342 g/mol. The van der Waals surface area contributed by atoms with E-state index in [0.29, 0.717) is 6.04 Å². The molecule has 0 saturated carbocycles. The minimum atomic E-state index is -0.181. The Morgan fingerprint density at radius 1 is 0.960 bits per heavy atom. The Morgan fingerprint density at radius 2 is 1.56 bits per heavy atom. The van der Waals surface area contributed by atoms with Crippen LogP contribution in [-0.4, -0.2) is 48.7 Å². The van der Waals surface area contributed by atoms with Gasteiger partial charge in [0.1, 0.15) is 5.82 Å². The van der Waals surface area contributed by atoms with E-state index in [4.69, 9.17) is 4.74 Å². The van der Waals surface area contributed by atoms with Crippen LogP contribution in [0.3, 0.4) is 0 Å². The maximum absolute atomic E-state index is 13.2. The summed E-state index contributed by atoms with van der Waals surface area (Å²) in [5.74, 6) is -0.181. The van der Waals surface area contributed by atoms with Crippen molar-refractivity contribution in [3.63, 3.8) is 0 Å². The SMILES string of the molecule is CC(CN1CCOCC1)N(Cc1ccccc1)Cc1ccc(F)cc1. The highest BCUT2D eigenvalue weighted by molar-refractivity contribution is 5.18. The van der Waals surface area contributed by atoms with Crippen molar-refractivity contribution in [2.24, 2.45) is 0 Å². The zero-order valence-electron chi connectivity index (χ0n) is 14.9. The molecule has 3 nitrogen and oxygen atoms in total. The van der Waals surface area contributed by atoms with Crippen molar-refractivity contribution in [2.45, 2.75) is 26.1 Å². The molecule has 1 unspecified atom stereocenters. The highest BCUT2D eigenvalue weighted by Gasteiger charge is 2.19. The molecule has 25 heavy (non-hydrogen) atoms. The summed E-state index contributed by atoms with van der Waals surface area (Å²) < 4.78 is 18.7. The number of hydrogen-bond donors (Lipinski definition) is 0. The van der Waals surface area contributed by atoms with Gasteiger partial charge in [0.15, 0.2) is 0 Å². The molecular formula is C21H27FN2O. The van der Waals surface area contributed by atoms with Gasteiger partial charge in [0, 0.05) is 38.8 Å². The molecule has 0 bridgehead atoms. The Labute approximate surface area is 150 Å². The molecule has 1 atom stereocenters. The van der Waals surface area contributed by atoms with Gasteiger partial charge in [-0.1, -0.05) is 42.5 Å². The van der Waals surface area contributed by atoms with E-state index in [2.05, 4.69) is 41.0 Å². The van der Waals surface area contributed by atoms with Crippen molar-refractivity contribution in [2.75, 3.05) is 32.8 Å². The lowest BCUT2D eigenvalue weighted by Crippen LogP contribution is -2.45. The van der Waals surface area contributed by atoms with Gasteiger partial charge in [-0.3, -0.25) is 9.80 Å². The Bertz CT molecular complexity index is 626. The molecule has 2 aromatic carbocycles. The fourth-order valence-electron chi connectivity index (χ4n) is 3.28. The van der Waals surface area contributed by atoms with Crippen LogP contribution in [0.4, 0.5) is 4.39 Å². The Balaban J connectivity index is 1.69. The first-order valence-corrected chi connectivity index (χ1v) is 9.03. The van der Waals surface area contributed by atoms with Crippen LogP contribution in [0.2, 0.25) is 0 Å². The van der Waals surface area contributed by atoms with E-state index in [0.717, 1.165) is 51.5 Å². The second-order valence-corrected chi connectivity index (χ2v) is 6.78. The van der Waals surface area contributed by atoms with E-state index in [1.165, 1.54) is 5.56 Å². The lowest BCUT2D eigenvalue weighted by Gasteiger charge is -2.35. The van der Waals surface area contributed by atoms with Gasteiger partial charge in [-0.05, 0) is 30.2 Å². The highest BCUT2D eigenvalue weighted by Crippen LogP contribution is 2.15. The van der Waals surface area contributed by atoms with Crippen LogP contribution in [0.15, 0.2) is 54.6 Å². The van der Waals surface area contributed by atoms with Crippen LogP contribution in [0.5, 0.6) is 0 Å². The fraction of sp³-hybridized carbons (Fsp3) is 0.429. The smallest absolute Gasteiger partial charge is 0.123 e. The van der Waals surface area contributed by atoms with Gasteiger partial charge < -0.3 is 4.74 Å². The molecule has 0 amide bonds. The molecule has 4 heteroatoms. The van der Waals surface area contributed by atoms with Crippen molar-refractivity contribution in [3.05, 3.63) is 71.5 Å². The summed E-state index contributed by atoms with van der Waals surface area (Å²) in [6.45, 7) is 8.66. The molecule has 134 valence electrons. The summed E-state index contributed by atoms with van der Waals surface area (Å²) in [5.41, 5.74) is 2.45. The standard InChI is InChI=1S/C21H27FN2O/c1-18(15-23-11-13-25-14-12-23)24(16-19-5-3-2-4-6-19)17-20-7-9-21(22)10-8-20/h2-10,18H,11-17H2,1H3. The number of halogens is 1. The molecule has 1 aliphatic rings. The summed E-state index contributed by atoms with van der Waals surface area (Å²) in [4.78, 5) is 4.94. The van der Waals surface area contributed by atoms with Crippen LogP contribution in [0.1, 0.15) is 18.1 Å². The summed E-state index contributed by atoms with van der Waals surface area (Å²) in [6.07, 6.45) is 0. The molecule has 1 fully saturated rings. The van der Waals surface area contributed by atoms with E-state index in [-0.39, 0.29) is 5.82 Å². The van der Waals surface area contributed by atoms with Gasteiger partial charge in [-0.25, -0.2) is 4.39 Å². The van der Waals surface area contributed by atoms with Crippen molar-refractivity contribution >= 4 is 0 Å². The Kier molecular flexibility index (Phi) is 6.56. The predicted molar refractivity (Wildman–Crippen MR) is 98.8 cm³/mol. The third-order valence-electron chi connectivity index (χ3n) is 4.78. The molecule has 2 aromatic rings. The molecule has 3 rings (SSSR count). The first-order valence-electron chi connectivity index (χ1n) is 9.03. The zero-order valence-corrected chi connectivity index (χ0v) is 14.9. The topological polar surface area (TPSA) is 15.7 Å². The van der Waals surface area contributed by atoms with Crippen molar-refractivity contribution in [1.82, 2.24) is 9.80 Å². The minimum Gasteiger partial charge on any atom is -0.379 e. The van der Waals surface area contributed by atoms with Crippen molar-refractivity contribution in [1.29, 1.82) is 0 Å². The second kappa shape index (κ2) is 9.09. The largest absolute Gasteiger partial charge is 0.379 e. The van der Waals surface area contributed by atoms with Crippen LogP contribution in [0.25, 0.3) is 0 Å². The van der Waals surface area contributed by atoms with Crippen molar-refractivity contribution < 1.29 is 9.13 Å². The van der Waals surface area contributed by atoms with Crippen LogP contribution in [-0.2, 0) is 17.8 Å². The van der Waals surface area contributed by atoms with E-state index >= 15 is 0 Å². The van der Waals surface area contributed by atoms with Crippen LogP contribution >= 0.6 is 0 Å². The van der Waals surface area contributed by atoms with Gasteiger partial charge in [-0.2, -0.15) is 0 Å². The van der Waals surface area contributed by atoms with Gasteiger partial charge >= 0.3 is 0 Å². The summed E-state index contributed by atoms with van der Waals surface area (Å²) in [6, 6.07) is 17.8. The highest BCUT2D eigenvalue weighted by atomic mass is 19.1. The third-order valence-corrected chi connectivity index (χ3v) is 4.78. The normalized spacial score (nSPS) is 16.9. The zero-order chi connectivity index (χ0) is 17.5. The third kappa shape index (κ3) is 5.63. The first-order chi connectivity index (χ1) is 12.2. The molecular weight excluding hydrogens is 315 g/mol. The number of nitrogens with zero attached hydrogens (tertiary/aromatic N) is 2. The molecule has 0 N–H and O–H groups in total. The molecule has 1 heterocycles. The quantitative estimate of drug-likeness (QED) is 0.765. The van der Waals surface area contributed by atoms with Gasteiger partial charge in [0.25, 0.3) is 0 Å². The van der Waals surface area contributed by atoms with Crippen LogP contribution < -0.4 is 0 Å². The summed E-state index contributed by atoms with van der Waals surface area (Å²) in [7, 11) is 0.